The van der Waals surface area contributed by atoms with Gasteiger partial charge in [0.25, 0.3) is 5.91 Å². The van der Waals surface area contributed by atoms with Crippen LogP contribution in [-0.4, -0.2) is 49.6 Å². The zero-order valence-corrected chi connectivity index (χ0v) is 15.5. The summed E-state index contributed by atoms with van der Waals surface area (Å²) in [7, 11) is 1.56. The molecule has 0 radical (unpaired) electrons. The highest BCUT2D eigenvalue weighted by molar-refractivity contribution is 5.81. The number of nitrogens with one attached hydrogen (secondary N) is 1. The third-order valence-corrected chi connectivity index (χ3v) is 4.22. The molecule has 1 saturated heterocycles. The second-order valence-electron chi connectivity index (χ2n) is 7.32. The molecule has 0 bridgehead atoms. The van der Waals surface area contributed by atoms with Crippen LogP contribution in [0, 0.1) is 5.41 Å². The second-order valence-corrected chi connectivity index (χ2v) is 7.32. The summed E-state index contributed by atoms with van der Waals surface area (Å²) in [5.74, 6) is 1.15. The number of nitrogens with zero attached hydrogens (tertiary/aromatic N) is 1. The first kappa shape index (κ1) is 19.1. The Labute approximate surface area is 149 Å². The van der Waals surface area contributed by atoms with Crippen LogP contribution in [-0.2, 0) is 9.59 Å². The van der Waals surface area contributed by atoms with Crippen molar-refractivity contribution in [3.05, 3.63) is 24.3 Å². The number of ether oxygens (including phenoxy) is 2. The Morgan fingerprint density at radius 3 is 2.32 bits per heavy atom. The molecule has 2 amide bonds. The summed E-state index contributed by atoms with van der Waals surface area (Å²) in [4.78, 5) is 26.3. The molecule has 25 heavy (non-hydrogen) atoms. The van der Waals surface area contributed by atoms with E-state index in [4.69, 9.17) is 9.47 Å². The topological polar surface area (TPSA) is 67.9 Å². The number of piperidine rings is 1. The Morgan fingerprint density at radius 1 is 1.16 bits per heavy atom. The van der Waals surface area contributed by atoms with Gasteiger partial charge < -0.3 is 19.7 Å². The van der Waals surface area contributed by atoms with Crippen LogP contribution in [0.3, 0.4) is 0 Å². The van der Waals surface area contributed by atoms with E-state index in [2.05, 4.69) is 5.32 Å². The zero-order valence-electron chi connectivity index (χ0n) is 15.5. The average Bonchev–Trinajstić information content (AvgIpc) is 2.59. The molecular weight excluding hydrogens is 320 g/mol. The SMILES string of the molecule is COc1ccccc1OCC(=O)NC1CCN(C(=O)C(C)(C)C)CC1. The molecule has 1 fully saturated rings. The van der Waals surface area contributed by atoms with E-state index in [-0.39, 0.29) is 29.9 Å². The zero-order chi connectivity index (χ0) is 18.4. The van der Waals surface area contributed by atoms with Crippen molar-refractivity contribution in [3.63, 3.8) is 0 Å². The molecule has 0 aromatic heterocycles. The first-order valence-electron chi connectivity index (χ1n) is 8.66. The van der Waals surface area contributed by atoms with Crippen LogP contribution in [0.4, 0.5) is 0 Å². The van der Waals surface area contributed by atoms with E-state index in [0.717, 1.165) is 12.8 Å². The van der Waals surface area contributed by atoms with Gasteiger partial charge in [0, 0.05) is 24.5 Å². The van der Waals surface area contributed by atoms with Gasteiger partial charge in [0.2, 0.25) is 5.91 Å². The highest BCUT2D eigenvalue weighted by Gasteiger charge is 2.30. The lowest BCUT2D eigenvalue weighted by Crippen LogP contribution is -2.49. The van der Waals surface area contributed by atoms with Gasteiger partial charge >= 0.3 is 0 Å². The van der Waals surface area contributed by atoms with Crippen LogP contribution in [0.5, 0.6) is 11.5 Å². The van der Waals surface area contributed by atoms with Crippen molar-refractivity contribution in [2.24, 2.45) is 5.41 Å². The maximum Gasteiger partial charge on any atom is 0.258 e. The van der Waals surface area contributed by atoms with E-state index in [9.17, 15) is 9.59 Å². The lowest BCUT2D eigenvalue weighted by atomic mass is 9.93. The summed E-state index contributed by atoms with van der Waals surface area (Å²) in [5, 5.41) is 2.98. The minimum absolute atomic E-state index is 0.0541. The molecule has 6 nitrogen and oxygen atoms in total. The molecule has 6 heteroatoms. The van der Waals surface area contributed by atoms with Gasteiger partial charge in [-0.2, -0.15) is 0 Å². The smallest absolute Gasteiger partial charge is 0.258 e. The lowest BCUT2D eigenvalue weighted by Gasteiger charge is -2.36. The first-order chi connectivity index (χ1) is 11.8. The number of carbonyl (C=O) groups is 2. The van der Waals surface area contributed by atoms with Crippen LogP contribution < -0.4 is 14.8 Å². The Bertz CT molecular complexity index is 602. The summed E-state index contributed by atoms with van der Waals surface area (Å²) in [5.41, 5.74) is -0.362. The molecule has 0 aliphatic carbocycles. The number of carbonyl (C=O) groups excluding carboxylic acids is 2. The number of hydrogen-bond donors (Lipinski definition) is 1. The van der Waals surface area contributed by atoms with Gasteiger partial charge in [0.1, 0.15) is 0 Å². The van der Waals surface area contributed by atoms with E-state index in [1.807, 2.05) is 37.8 Å². The van der Waals surface area contributed by atoms with Crippen molar-refractivity contribution in [2.45, 2.75) is 39.7 Å². The van der Waals surface area contributed by atoms with Crippen LogP contribution in [0.2, 0.25) is 0 Å². The Hall–Kier alpha value is -2.24. The highest BCUT2D eigenvalue weighted by atomic mass is 16.5. The molecule has 2 rings (SSSR count). The molecule has 0 atom stereocenters. The lowest BCUT2D eigenvalue weighted by molar-refractivity contribution is -0.140. The Balaban J connectivity index is 1.76. The van der Waals surface area contributed by atoms with Gasteiger partial charge in [-0.1, -0.05) is 32.9 Å². The third-order valence-electron chi connectivity index (χ3n) is 4.22. The Kier molecular flexibility index (Phi) is 6.28. The standard InChI is InChI=1S/C19H28N2O4/c1-19(2,3)18(23)21-11-9-14(10-12-21)20-17(22)13-25-16-8-6-5-7-15(16)24-4/h5-8,14H,9-13H2,1-4H3,(H,20,22). The van der Waals surface area contributed by atoms with E-state index in [1.165, 1.54) is 0 Å². The summed E-state index contributed by atoms with van der Waals surface area (Å²) in [6, 6.07) is 7.31. The summed E-state index contributed by atoms with van der Waals surface area (Å²) in [6.45, 7) is 7.08. The van der Waals surface area contributed by atoms with Crippen molar-refractivity contribution >= 4 is 11.8 Å². The van der Waals surface area contributed by atoms with Gasteiger partial charge in [-0.15, -0.1) is 0 Å². The van der Waals surface area contributed by atoms with E-state index < -0.39 is 0 Å². The Morgan fingerprint density at radius 2 is 1.76 bits per heavy atom. The number of benzene rings is 1. The predicted octanol–water partition coefficient (Wildman–Crippen LogP) is 2.23. The molecule has 1 aliphatic rings. The number of amides is 2. The van der Waals surface area contributed by atoms with Gasteiger partial charge in [0.15, 0.2) is 18.1 Å². The van der Waals surface area contributed by atoms with Crippen LogP contribution in [0.15, 0.2) is 24.3 Å². The minimum Gasteiger partial charge on any atom is -0.493 e. The monoisotopic (exact) mass is 348 g/mol. The maximum absolute atomic E-state index is 12.3. The van der Waals surface area contributed by atoms with Crippen LogP contribution in [0.25, 0.3) is 0 Å². The molecule has 1 aromatic carbocycles. The fourth-order valence-electron chi connectivity index (χ4n) is 2.85. The second kappa shape index (κ2) is 8.23. The number of para-hydroxylation sites is 2. The minimum atomic E-state index is -0.362. The fraction of sp³-hybridized carbons (Fsp3) is 0.579. The summed E-state index contributed by atoms with van der Waals surface area (Å²) < 4.78 is 10.7. The van der Waals surface area contributed by atoms with Crippen LogP contribution >= 0.6 is 0 Å². The normalized spacial score (nSPS) is 15.6. The van der Waals surface area contributed by atoms with Crippen molar-refractivity contribution in [1.29, 1.82) is 0 Å². The molecule has 1 aliphatic heterocycles. The van der Waals surface area contributed by atoms with Crippen molar-refractivity contribution in [2.75, 3.05) is 26.8 Å². The summed E-state index contributed by atoms with van der Waals surface area (Å²) >= 11 is 0. The van der Waals surface area contributed by atoms with Gasteiger partial charge in [0.05, 0.1) is 7.11 Å². The molecule has 0 saturated carbocycles. The highest BCUT2D eigenvalue weighted by Crippen LogP contribution is 2.25. The number of hydrogen-bond acceptors (Lipinski definition) is 4. The van der Waals surface area contributed by atoms with E-state index in [1.54, 1.807) is 19.2 Å². The largest absolute Gasteiger partial charge is 0.493 e. The van der Waals surface area contributed by atoms with Gasteiger partial charge in [-0.3, -0.25) is 9.59 Å². The molecule has 1 aromatic rings. The number of rotatable bonds is 5. The third kappa shape index (κ3) is 5.37. The van der Waals surface area contributed by atoms with Gasteiger partial charge in [-0.05, 0) is 25.0 Å². The molecular formula is C19H28N2O4. The maximum atomic E-state index is 12.3. The van der Waals surface area contributed by atoms with Crippen molar-refractivity contribution in [3.8, 4) is 11.5 Å². The number of likely N-dealkylation sites (tertiary alicyclic amines) is 1. The molecule has 0 spiro atoms. The average molecular weight is 348 g/mol. The molecule has 0 unspecified atom stereocenters. The fourth-order valence-corrected chi connectivity index (χ4v) is 2.85. The van der Waals surface area contributed by atoms with Crippen molar-refractivity contribution in [1.82, 2.24) is 10.2 Å². The summed E-state index contributed by atoms with van der Waals surface area (Å²) in [6.07, 6.45) is 1.53. The quantitative estimate of drug-likeness (QED) is 0.886. The predicted molar refractivity (Wildman–Crippen MR) is 95.7 cm³/mol. The van der Waals surface area contributed by atoms with Gasteiger partial charge in [-0.25, -0.2) is 0 Å². The molecule has 1 heterocycles. The van der Waals surface area contributed by atoms with Crippen LogP contribution in [0.1, 0.15) is 33.6 Å². The van der Waals surface area contributed by atoms with E-state index in [0.29, 0.717) is 24.6 Å². The molecule has 138 valence electrons. The number of methoxy groups -OCH3 is 1. The first-order valence-corrected chi connectivity index (χ1v) is 8.66. The van der Waals surface area contributed by atoms with E-state index >= 15 is 0 Å². The van der Waals surface area contributed by atoms with Crippen molar-refractivity contribution < 1.29 is 19.1 Å². The molecule has 1 N–H and O–H groups in total.